The lowest BCUT2D eigenvalue weighted by Crippen LogP contribution is -2.41. The van der Waals surface area contributed by atoms with E-state index in [2.05, 4.69) is 34.2 Å². The molecule has 7 nitrogen and oxygen atoms in total. The van der Waals surface area contributed by atoms with Gasteiger partial charge in [0.25, 0.3) is 5.91 Å². The molecule has 0 aliphatic rings. The van der Waals surface area contributed by atoms with Gasteiger partial charge in [0.05, 0.1) is 5.56 Å². The molecule has 0 aromatic carbocycles. The molecule has 2 aromatic rings. The smallest absolute Gasteiger partial charge is 0.253 e. The molecule has 0 radical (unpaired) electrons. The molecule has 1 unspecified atom stereocenters. The number of amides is 1. The van der Waals surface area contributed by atoms with Gasteiger partial charge in [-0.3, -0.25) is 4.79 Å². The summed E-state index contributed by atoms with van der Waals surface area (Å²) in [6.07, 6.45) is 5.36. The Hall–Kier alpha value is -1.70. The maximum atomic E-state index is 12.2. The highest BCUT2D eigenvalue weighted by Crippen LogP contribution is 2.07. The van der Waals surface area contributed by atoms with Crippen molar-refractivity contribution >= 4 is 30.7 Å². The number of carbonyl (C=O) groups is 1. The first-order valence-electron chi connectivity index (χ1n) is 6.92. The summed E-state index contributed by atoms with van der Waals surface area (Å²) >= 11 is 0. The molecule has 2 heterocycles. The van der Waals surface area contributed by atoms with E-state index in [1.807, 2.05) is 0 Å². The molecule has 0 fully saturated rings. The first kappa shape index (κ1) is 21.3. The number of hydrogen-bond donors (Lipinski definition) is 2. The molecule has 0 saturated heterocycles. The van der Waals surface area contributed by atoms with Crippen LogP contribution in [-0.4, -0.2) is 38.2 Å². The number of aromatic nitrogens is 4. The summed E-state index contributed by atoms with van der Waals surface area (Å²) in [5.41, 5.74) is 6.19. The van der Waals surface area contributed by atoms with Crippen LogP contribution in [0.3, 0.4) is 0 Å². The predicted molar refractivity (Wildman–Crippen MR) is 93.4 cm³/mol. The molecular formula is C14H22Cl2N6O. The van der Waals surface area contributed by atoms with Crippen molar-refractivity contribution in [3.8, 4) is 5.82 Å². The third kappa shape index (κ3) is 6.13. The molecule has 3 N–H and O–H groups in total. The van der Waals surface area contributed by atoms with Crippen LogP contribution in [0, 0.1) is 5.92 Å². The molecule has 1 atom stereocenters. The van der Waals surface area contributed by atoms with Gasteiger partial charge in [0.2, 0.25) is 0 Å². The molecule has 0 saturated carbocycles. The highest BCUT2D eigenvalue weighted by Gasteiger charge is 2.14. The Labute approximate surface area is 147 Å². The van der Waals surface area contributed by atoms with Crippen molar-refractivity contribution in [3.63, 3.8) is 0 Å². The van der Waals surface area contributed by atoms with E-state index in [0.717, 1.165) is 6.42 Å². The van der Waals surface area contributed by atoms with Crippen LogP contribution in [0.15, 0.2) is 31.0 Å². The van der Waals surface area contributed by atoms with Gasteiger partial charge in [-0.15, -0.1) is 24.8 Å². The van der Waals surface area contributed by atoms with Gasteiger partial charge in [-0.2, -0.15) is 5.10 Å². The lowest BCUT2D eigenvalue weighted by molar-refractivity contribution is 0.0933. The normalized spacial score (nSPS) is 11.3. The zero-order valence-electron chi connectivity index (χ0n) is 13.0. The molecule has 0 spiro atoms. The quantitative estimate of drug-likeness (QED) is 0.815. The fourth-order valence-corrected chi connectivity index (χ4v) is 2.03. The summed E-state index contributed by atoms with van der Waals surface area (Å²) in [6.45, 7) is 4.63. The van der Waals surface area contributed by atoms with Crippen molar-refractivity contribution in [1.82, 2.24) is 25.1 Å². The molecule has 2 aromatic heterocycles. The van der Waals surface area contributed by atoms with Gasteiger partial charge >= 0.3 is 0 Å². The fraction of sp³-hybridized carbons (Fsp3) is 0.429. The van der Waals surface area contributed by atoms with Gasteiger partial charge in [-0.1, -0.05) is 13.8 Å². The zero-order chi connectivity index (χ0) is 15.2. The summed E-state index contributed by atoms with van der Waals surface area (Å²) in [5, 5.41) is 6.91. The minimum atomic E-state index is -0.163. The number of carbonyl (C=O) groups excluding carboxylic acids is 1. The van der Waals surface area contributed by atoms with Crippen LogP contribution >= 0.6 is 24.8 Å². The molecule has 23 heavy (non-hydrogen) atoms. The van der Waals surface area contributed by atoms with Crippen molar-refractivity contribution in [3.05, 3.63) is 36.5 Å². The molecule has 0 aliphatic heterocycles. The predicted octanol–water partition coefficient (Wildman–Crippen LogP) is 1.61. The molecule has 0 bridgehead atoms. The van der Waals surface area contributed by atoms with Gasteiger partial charge in [-0.25, -0.2) is 14.6 Å². The molecule has 0 aliphatic carbocycles. The van der Waals surface area contributed by atoms with Crippen LogP contribution in [-0.2, 0) is 0 Å². The number of nitrogens with zero attached hydrogens (tertiary/aromatic N) is 4. The summed E-state index contributed by atoms with van der Waals surface area (Å²) < 4.78 is 1.53. The maximum Gasteiger partial charge on any atom is 0.253 e. The summed E-state index contributed by atoms with van der Waals surface area (Å²) in [4.78, 5) is 20.2. The Kier molecular flexibility index (Phi) is 9.40. The molecule has 128 valence electrons. The average Bonchev–Trinajstić information content (AvgIpc) is 3.00. The number of rotatable bonds is 6. The fourth-order valence-electron chi connectivity index (χ4n) is 2.03. The largest absolute Gasteiger partial charge is 0.348 e. The van der Waals surface area contributed by atoms with Crippen LogP contribution in [0.5, 0.6) is 0 Å². The molecule has 9 heteroatoms. The van der Waals surface area contributed by atoms with E-state index in [1.54, 1.807) is 18.5 Å². The van der Waals surface area contributed by atoms with Crippen LogP contribution in [0.25, 0.3) is 5.82 Å². The third-order valence-corrected chi connectivity index (χ3v) is 3.04. The lowest BCUT2D eigenvalue weighted by Gasteiger charge is -2.18. The van der Waals surface area contributed by atoms with Crippen molar-refractivity contribution in [2.45, 2.75) is 26.3 Å². The second-order valence-corrected chi connectivity index (χ2v) is 5.28. The SMILES string of the molecule is CC(C)CC(CN)NC(=O)c1ccc(-n2cncn2)nc1.Cl.Cl. The number of hydrogen-bond acceptors (Lipinski definition) is 5. The Balaban J connectivity index is 0.00000242. The molecular weight excluding hydrogens is 339 g/mol. The number of nitrogens with two attached hydrogens (primary N) is 1. The third-order valence-electron chi connectivity index (χ3n) is 3.04. The van der Waals surface area contributed by atoms with Crippen molar-refractivity contribution in [1.29, 1.82) is 0 Å². The summed E-state index contributed by atoms with van der Waals surface area (Å²) in [5.74, 6) is 0.928. The average molecular weight is 361 g/mol. The zero-order valence-corrected chi connectivity index (χ0v) is 14.7. The second-order valence-electron chi connectivity index (χ2n) is 5.28. The number of nitrogens with one attached hydrogen (secondary N) is 1. The minimum absolute atomic E-state index is 0. The van der Waals surface area contributed by atoms with E-state index in [0.29, 0.717) is 23.8 Å². The topological polar surface area (TPSA) is 98.7 Å². The van der Waals surface area contributed by atoms with Crippen LogP contribution in [0.1, 0.15) is 30.6 Å². The Morgan fingerprint density at radius 2 is 2.09 bits per heavy atom. The molecule has 2 rings (SSSR count). The standard InChI is InChI=1S/C14H20N6O.2ClH/c1-10(2)5-12(6-15)19-14(21)11-3-4-13(17-7-11)20-9-16-8-18-20;;/h3-4,7-10,12H,5-6,15H2,1-2H3,(H,19,21);2*1H. The highest BCUT2D eigenvalue weighted by molar-refractivity contribution is 5.94. The number of pyridine rings is 1. The van der Waals surface area contributed by atoms with Crippen molar-refractivity contribution in [2.75, 3.05) is 6.54 Å². The van der Waals surface area contributed by atoms with Gasteiger partial charge in [0, 0.05) is 18.8 Å². The molecule has 1 amide bonds. The monoisotopic (exact) mass is 360 g/mol. The first-order valence-corrected chi connectivity index (χ1v) is 6.92. The Morgan fingerprint density at radius 1 is 1.35 bits per heavy atom. The lowest BCUT2D eigenvalue weighted by atomic mass is 10.0. The minimum Gasteiger partial charge on any atom is -0.348 e. The van der Waals surface area contributed by atoms with Gasteiger partial charge in [0.1, 0.15) is 12.7 Å². The Morgan fingerprint density at radius 3 is 2.57 bits per heavy atom. The van der Waals surface area contributed by atoms with Crippen LogP contribution in [0.4, 0.5) is 0 Å². The van der Waals surface area contributed by atoms with E-state index in [9.17, 15) is 4.79 Å². The van der Waals surface area contributed by atoms with E-state index in [1.165, 1.54) is 17.2 Å². The second kappa shape index (κ2) is 10.1. The van der Waals surface area contributed by atoms with Gasteiger partial charge < -0.3 is 11.1 Å². The van der Waals surface area contributed by atoms with Crippen LogP contribution in [0.2, 0.25) is 0 Å². The van der Waals surface area contributed by atoms with Crippen molar-refractivity contribution in [2.24, 2.45) is 11.7 Å². The maximum absolute atomic E-state index is 12.2. The summed E-state index contributed by atoms with van der Waals surface area (Å²) in [7, 11) is 0. The van der Waals surface area contributed by atoms with E-state index in [4.69, 9.17) is 5.73 Å². The first-order chi connectivity index (χ1) is 10.1. The van der Waals surface area contributed by atoms with E-state index in [-0.39, 0.29) is 36.8 Å². The van der Waals surface area contributed by atoms with Gasteiger partial charge in [0.15, 0.2) is 5.82 Å². The van der Waals surface area contributed by atoms with Gasteiger partial charge in [-0.05, 0) is 24.5 Å². The number of halogens is 2. The van der Waals surface area contributed by atoms with Crippen molar-refractivity contribution < 1.29 is 4.79 Å². The highest BCUT2D eigenvalue weighted by atomic mass is 35.5. The van der Waals surface area contributed by atoms with E-state index >= 15 is 0 Å². The van der Waals surface area contributed by atoms with Crippen LogP contribution < -0.4 is 11.1 Å². The summed E-state index contributed by atoms with van der Waals surface area (Å²) in [6, 6.07) is 3.42. The van der Waals surface area contributed by atoms with E-state index < -0.39 is 0 Å². The Bertz CT molecular complexity index is 573.